The van der Waals surface area contributed by atoms with Crippen LogP contribution in [0.2, 0.25) is 0 Å². The number of hydrogen-bond acceptors (Lipinski definition) is 4. The van der Waals surface area contributed by atoms with Crippen LogP contribution in [0.25, 0.3) is 0 Å². The molecule has 1 aliphatic heterocycles. The largest absolute Gasteiger partial charge is 0.497 e. The van der Waals surface area contributed by atoms with Crippen molar-refractivity contribution in [1.82, 2.24) is 4.90 Å². The number of nitrogens with zero attached hydrogens (tertiary/aromatic N) is 3. The van der Waals surface area contributed by atoms with E-state index in [-0.39, 0.29) is 0 Å². The van der Waals surface area contributed by atoms with E-state index in [9.17, 15) is 0 Å². The fourth-order valence-electron chi connectivity index (χ4n) is 2.85. The van der Waals surface area contributed by atoms with E-state index >= 15 is 0 Å². The van der Waals surface area contributed by atoms with Crippen LogP contribution in [0.4, 0.5) is 0 Å². The number of allylic oxidation sites excluding steroid dienone is 1. The van der Waals surface area contributed by atoms with E-state index in [2.05, 4.69) is 49.4 Å². The van der Waals surface area contributed by atoms with Gasteiger partial charge in [-0.15, -0.1) is 0 Å². The second-order valence-electron chi connectivity index (χ2n) is 6.33. The number of aliphatic imine (C=N–C) groups is 2. The van der Waals surface area contributed by atoms with Crippen LogP contribution in [-0.2, 0) is 11.2 Å². The van der Waals surface area contributed by atoms with E-state index in [1.54, 1.807) is 13.3 Å². The van der Waals surface area contributed by atoms with Crippen molar-refractivity contribution in [2.75, 3.05) is 26.9 Å². The maximum Gasteiger partial charge on any atom is 0.159 e. The third-order valence-corrected chi connectivity index (χ3v) is 4.28. The van der Waals surface area contributed by atoms with E-state index in [0.29, 0.717) is 26.2 Å². The zero-order valence-corrected chi connectivity index (χ0v) is 16.5. The van der Waals surface area contributed by atoms with Gasteiger partial charge in [0.15, 0.2) is 5.84 Å². The smallest absolute Gasteiger partial charge is 0.159 e. The highest BCUT2D eigenvalue weighted by atomic mass is 16.5. The Hall–Kier alpha value is -2.40. The summed E-state index contributed by atoms with van der Waals surface area (Å²) in [5.74, 6) is 2.67. The monoisotopic (exact) mass is 355 g/mol. The first kappa shape index (κ1) is 19.9. The summed E-state index contributed by atoms with van der Waals surface area (Å²) < 4.78 is 10.9. The van der Waals surface area contributed by atoms with E-state index in [1.165, 1.54) is 11.1 Å². The van der Waals surface area contributed by atoms with Crippen molar-refractivity contribution in [1.29, 1.82) is 0 Å². The summed E-state index contributed by atoms with van der Waals surface area (Å²) in [6.07, 6.45) is 2.28. The van der Waals surface area contributed by atoms with Gasteiger partial charge in [-0.1, -0.05) is 12.6 Å². The van der Waals surface area contributed by atoms with Gasteiger partial charge in [-0.25, -0.2) is 9.98 Å². The molecular weight excluding hydrogens is 326 g/mol. The molecule has 0 radical (unpaired) electrons. The van der Waals surface area contributed by atoms with Gasteiger partial charge < -0.3 is 14.4 Å². The first-order valence-corrected chi connectivity index (χ1v) is 8.94. The van der Waals surface area contributed by atoms with Crippen LogP contribution < -0.4 is 4.74 Å². The van der Waals surface area contributed by atoms with Crippen molar-refractivity contribution in [2.24, 2.45) is 9.98 Å². The van der Waals surface area contributed by atoms with E-state index in [0.717, 1.165) is 28.7 Å². The second-order valence-corrected chi connectivity index (χ2v) is 6.33. The van der Waals surface area contributed by atoms with Crippen molar-refractivity contribution in [3.05, 3.63) is 53.4 Å². The Morgan fingerprint density at radius 3 is 2.73 bits per heavy atom. The summed E-state index contributed by atoms with van der Waals surface area (Å²) in [6.45, 7) is 14.0. The lowest BCUT2D eigenvalue weighted by molar-refractivity contribution is 0.142. The van der Waals surface area contributed by atoms with Gasteiger partial charge in [-0.3, -0.25) is 0 Å². The van der Waals surface area contributed by atoms with Gasteiger partial charge in [-0.2, -0.15) is 0 Å². The summed E-state index contributed by atoms with van der Waals surface area (Å²) in [4.78, 5) is 11.5. The molecule has 0 spiro atoms. The van der Waals surface area contributed by atoms with Crippen molar-refractivity contribution < 1.29 is 9.47 Å². The molecule has 5 nitrogen and oxygen atoms in total. The Balaban J connectivity index is 2.39. The summed E-state index contributed by atoms with van der Waals surface area (Å²) in [6, 6.07) is 6.13. The molecule has 0 fully saturated rings. The highest BCUT2D eigenvalue weighted by Crippen LogP contribution is 2.24. The van der Waals surface area contributed by atoms with Crippen LogP contribution >= 0.6 is 0 Å². The number of ether oxygens (including phenoxy) is 2. The molecule has 0 saturated heterocycles. The van der Waals surface area contributed by atoms with Gasteiger partial charge in [0.25, 0.3) is 0 Å². The molecule has 1 aliphatic rings. The highest BCUT2D eigenvalue weighted by molar-refractivity contribution is 6.16. The van der Waals surface area contributed by atoms with Crippen LogP contribution in [0.5, 0.6) is 5.75 Å². The number of hydrogen-bond donors (Lipinski definition) is 0. The predicted molar refractivity (Wildman–Crippen MR) is 108 cm³/mol. The van der Waals surface area contributed by atoms with Crippen molar-refractivity contribution in [2.45, 2.75) is 34.1 Å². The van der Waals surface area contributed by atoms with E-state index in [4.69, 9.17) is 14.5 Å². The second kappa shape index (κ2) is 9.34. The zero-order valence-electron chi connectivity index (χ0n) is 16.5. The first-order valence-electron chi connectivity index (χ1n) is 8.94. The standard InChI is InChI=1S/C21H29N3O2/c1-7-22-21-20(15(3)4)23-19(24(21)11-12-26-8-2)14-17-13-18(25-6)10-9-16(17)5/h7,9-10,13H,1,8,11-12,14H2,2-6H3/b22-21+. The van der Waals surface area contributed by atoms with Gasteiger partial charge in [0.05, 0.1) is 13.7 Å². The molecule has 0 aliphatic carbocycles. The Bertz CT molecular complexity index is 744. The lowest BCUT2D eigenvalue weighted by Gasteiger charge is -2.21. The molecule has 140 valence electrons. The molecule has 1 aromatic carbocycles. The molecule has 26 heavy (non-hydrogen) atoms. The number of benzene rings is 1. The predicted octanol–water partition coefficient (Wildman–Crippen LogP) is 4.13. The molecule has 0 saturated carbocycles. The summed E-state index contributed by atoms with van der Waals surface area (Å²) in [5.41, 5.74) is 4.45. The average Bonchev–Trinajstić information content (AvgIpc) is 2.95. The molecule has 0 aromatic heterocycles. The van der Waals surface area contributed by atoms with E-state index < -0.39 is 0 Å². The molecular formula is C21H29N3O2. The molecule has 0 N–H and O–H groups in total. The normalized spacial score (nSPS) is 15.4. The molecule has 0 bridgehead atoms. The maximum absolute atomic E-state index is 5.56. The van der Waals surface area contributed by atoms with E-state index in [1.807, 2.05) is 13.0 Å². The van der Waals surface area contributed by atoms with Crippen LogP contribution in [0.1, 0.15) is 31.9 Å². The molecule has 1 heterocycles. The number of amidine groups is 2. The fraction of sp³-hybridized carbons (Fsp3) is 0.429. The minimum Gasteiger partial charge on any atom is -0.497 e. The summed E-state index contributed by atoms with van der Waals surface area (Å²) in [5, 5.41) is 0. The fourth-order valence-corrected chi connectivity index (χ4v) is 2.85. The van der Waals surface area contributed by atoms with Gasteiger partial charge in [0.2, 0.25) is 0 Å². The van der Waals surface area contributed by atoms with Gasteiger partial charge >= 0.3 is 0 Å². The van der Waals surface area contributed by atoms with Gasteiger partial charge in [0, 0.05) is 25.8 Å². The summed E-state index contributed by atoms with van der Waals surface area (Å²) in [7, 11) is 1.69. The lowest BCUT2D eigenvalue weighted by atomic mass is 10.0. The van der Waals surface area contributed by atoms with Gasteiger partial charge in [-0.05, 0) is 56.5 Å². The minimum atomic E-state index is 0.624. The number of methoxy groups -OCH3 is 1. The molecule has 2 rings (SSSR count). The first-order chi connectivity index (χ1) is 12.5. The SMILES string of the molecule is C=C/N=C1\C(=C(C)C)N=C(Cc2cc(OC)ccc2C)N1CCOCC. The Morgan fingerprint density at radius 1 is 1.35 bits per heavy atom. The third-order valence-electron chi connectivity index (χ3n) is 4.28. The maximum atomic E-state index is 5.56. The topological polar surface area (TPSA) is 46.4 Å². The number of aryl methyl sites for hydroxylation is 1. The number of rotatable bonds is 8. The molecule has 1 aromatic rings. The van der Waals surface area contributed by atoms with Crippen LogP contribution in [0.15, 0.2) is 52.2 Å². The molecule has 5 heteroatoms. The molecule has 0 amide bonds. The molecule has 0 unspecified atom stereocenters. The van der Waals surface area contributed by atoms with Crippen LogP contribution in [0.3, 0.4) is 0 Å². The van der Waals surface area contributed by atoms with Crippen molar-refractivity contribution in [3.63, 3.8) is 0 Å². The van der Waals surface area contributed by atoms with Crippen LogP contribution in [-0.4, -0.2) is 43.4 Å². The Labute approximate surface area is 156 Å². The third kappa shape index (κ3) is 4.61. The highest BCUT2D eigenvalue weighted by Gasteiger charge is 2.28. The van der Waals surface area contributed by atoms with Crippen molar-refractivity contribution >= 4 is 11.7 Å². The summed E-state index contributed by atoms with van der Waals surface area (Å²) >= 11 is 0. The van der Waals surface area contributed by atoms with Gasteiger partial charge in [0.1, 0.15) is 17.3 Å². The quantitative estimate of drug-likeness (QED) is 0.659. The lowest BCUT2D eigenvalue weighted by Crippen LogP contribution is -2.36. The van der Waals surface area contributed by atoms with Crippen molar-refractivity contribution in [3.8, 4) is 5.75 Å². The minimum absolute atomic E-state index is 0.624. The zero-order chi connectivity index (χ0) is 19.1. The van der Waals surface area contributed by atoms with Crippen LogP contribution in [0, 0.1) is 6.92 Å². The Kier molecular flexibility index (Phi) is 7.16. The average molecular weight is 355 g/mol. The Morgan fingerprint density at radius 2 is 2.12 bits per heavy atom. The molecule has 0 atom stereocenters.